The second-order valence-corrected chi connectivity index (χ2v) is 9.45. The molecular weight excluding hydrogens is 388 g/mol. The molecule has 1 fully saturated rings. The Balaban J connectivity index is 1.48. The fourth-order valence-electron chi connectivity index (χ4n) is 3.46. The summed E-state index contributed by atoms with van der Waals surface area (Å²) in [6.45, 7) is 3.20. The molecule has 2 aromatic rings. The molecule has 1 aliphatic rings. The molecule has 1 N–H and O–H groups in total. The molecule has 3 rings (SSSR count). The topological polar surface area (TPSA) is 75.7 Å². The molecule has 29 heavy (non-hydrogen) atoms. The van der Waals surface area contributed by atoms with Crippen molar-refractivity contribution in [1.82, 2.24) is 9.62 Å². The van der Waals surface area contributed by atoms with Crippen molar-refractivity contribution in [2.75, 3.05) is 20.2 Å². The van der Waals surface area contributed by atoms with Crippen molar-refractivity contribution in [3.8, 4) is 5.75 Å². The molecule has 1 aliphatic heterocycles. The number of sulfonamides is 1. The maximum Gasteiger partial charge on any atom is 0.223 e. The molecular formula is C22H28N2O4S. The Labute approximate surface area is 172 Å². The Morgan fingerprint density at radius 1 is 1.03 bits per heavy atom. The second-order valence-electron chi connectivity index (χ2n) is 7.48. The van der Waals surface area contributed by atoms with Gasteiger partial charge in [0, 0.05) is 25.6 Å². The van der Waals surface area contributed by atoms with Crippen LogP contribution >= 0.6 is 0 Å². The van der Waals surface area contributed by atoms with E-state index in [1.807, 2.05) is 55.5 Å². The molecule has 0 radical (unpaired) electrons. The maximum absolute atomic E-state index is 12.7. The third-order valence-corrected chi connectivity index (χ3v) is 7.16. The summed E-state index contributed by atoms with van der Waals surface area (Å²) >= 11 is 0. The Bertz CT molecular complexity index is 916. The van der Waals surface area contributed by atoms with Crippen LogP contribution in [-0.2, 0) is 27.1 Å². The van der Waals surface area contributed by atoms with Crippen LogP contribution in [0.5, 0.6) is 5.75 Å². The summed E-state index contributed by atoms with van der Waals surface area (Å²) in [6.07, 6.45) is 1.09. The van der Waals surface area contributed by atoms with Crippen LogP contribution in [0.15, 0.2) is 48.5 Å². The van der Waals surface area contributed by atoms with E-state index in [1.54, 1.807) is 7.11 Å². The van der Waals surface area contributed by atoms with Crippen molar-refractivity contribution in [2.45, 2.75) is 32.1 Å². The molecule has 0 bridgehead atoms. The highest BCUT2D eigenvalue weighted by molar-refractivity contribution is 7.88. The van der Waals surface area contributed by atoms with E-state index in [-0.39, 0.29) is 17.6 Å². The van der Waals surface area contributed by atoms with Gasteiger partial charge in [-0.05, 0) is 43.0 Å². The zero-order valence-corrected chi connectivity index (χ0v) is 17.7. The van der Waals surface area contributed by atoms with Crippen LogP contribution < -0.4 is 10.1 Å². The summed E-state index contributed by atoms with van der Waals surface area (Å²) in [5, 5.41) is 2.96. The number of rotatable bonds is 7. The quantitative estimate of drug-likeness (QED) is 0.753. The van der Waals surface area contributed by atoms with Gasteiger partial charge in [0.2, 0.25) is 15.9 Å². The number of methoxy groups -OCH3 is 1. The van der Waals surface area contributed by atoms with E-state index in [0.29, 0.717) is 32.5 Å². The third kappa shape index (κ3) is 5.81. The number of aryl methyl sites for hydroxylation is 1. The molecule has 1 amide bonds. The summed E-state index contributed by atoms with van der Waals surface area (Å²) < 4.78 is 32.0. The predicted octanol–water partition coefficient (Wildman–Crippen LogP) is 2.86. The van der Waals surface area contributed by atoms with Crippen molar-refractivity contribution < 1.29 is 17.9 Å². The van der Waals surface area contributed by atoms with Gasteiger partial charge in [0.05, 0.1) is 12.9 Å². The minimum atomic E-state index is -3.37. The molecule has 6 nitrogen and oxygen atoms in total. The highest BCUT2D eigenvalue weighted by atomic mass is 32.2. The van der Waals surface area contributed by atoms with Gasteiger partial charge < -0.3 is 10.1 Å². The standard InChI is InChI=1S/C22H28N2O4S/c1-17-3-5-19(6-4-17)16-29(26,27)24-13-11-20(12-14-24)22(25)23-15-18-7-9-21(28-2)10-8-18/h3-10,20H,11-16H2,1-2H3,(H,23,25). The van der Waals surface area contributed by atoms with Gasteiger partial charge in [-0.3, -0.25) is 4.79 Å². The summed E-state index contributed by atoms with van der Waals surface area (Å²) in [7, 11) is -1.76. The fourth-order valence-corrected chi connectivity index (χ4v) is 5.02. The van der Waals surface area contributed by atoms with Crippen LogP contribution in [0.4, 0.5) is 0 Å². The van der Waals surface area contributed by atoms with Crippen molar-refractivity contribution in [2.24, 2.45) is 5.92 Å². The Morgan fingerprint density at radius 2 is 1.62 bits per heavy atom. The van der Waals surface area contributed by atoms with Crippen molar-refractivity contribution in [3.63, 3.8) is 0 Å². The van der Waals surface area contributed by atoms with Crippen molar-refractivity contribution in [3.05, 3.63) is 65.2 Å². The number of carbonyl (C=O) groups excluding carboxylic acids is 1. The molecule has 2 aromatic carbocycles. The minimum Gasteiger partial charge on any atom is -0.497 e. The molecule has 0 aromatic heterocycles. The Kier molecular flexibility index (Phi) is 6.92. The highest BCUT2D eigenvalue weighted by Gasteiger charge is 2.31. The van der Waals surface area contributed by atoms with E-state index in [0.717, 1.165) is 22.4 Å². The van der Waals surface area contributed by atoms with E-state index < -0.39 is 10.0 Å². The summed E-state index contributed by atoms with van der Waals surface area (Å²) in [4.78, 5) is 12.5. The van der Waals surface area contributed by atoms with Gasteiger partial charge in [-0.1, -0.05) is 42.0 Å². The zero-order valence-electron chi connectivity index (χ0n) is 16.9. The van der Waals surface area contributed by atoms with Crippen molar-refractivity contribution in [1.29, 1.82) is 0 Å². The first-order valence-corrected chi connectivity index (χ1v) is 11.4. The SMILES string of the molecule is COc1ccc(CNC(=O)C2CCN(S(=O)(=O)Cc3ccc(C)cc3)CC2)cc1. The largest absolute Gasteiger partial charge is 0.497 e. The van der Waals surface area contributed by atoms with Crippen molar-refractivity contribution >= 4 is 15.9 Å². The average Bonchev–Trinajstić information content (AvgIpc) is 2.74. The number of piperidine rings is 1. The zero-order chi connectivity index (χ0) is 20.9. The van der Waals surface area contributed by atoms with Gasteiger partial charge in [-0.2, -0.15) is 0 Å². The van der Waals surface area contributed by atoms with E-state index in [9.17, 15) is 13.2 Å². The van der Waals surface area contributed by atoms with Crippen LogP contribution in [0, 0.1) is 12.8 Å². The molecule has 1 saturated heterocycles. The van der Waals surface area contributed by atoms with Gasteiger partial charge in [0.25, 0.3) is 0 Å². The maximum atomic E-state index is 12.7. The van der Waals surface area contributed by atoms with Gasteiger partial charge in [0.15, 0.2) is 0 Å². The molecule has 0 unspecified atom stereocenters. The lowest BCUT2D eigenvalue weighted by Crippen LogP contribution is -2.43. The predicted molar refractivity (Wildman–Crippen MR) is 113 cm³/mol. The monoisotopic (exact) mass is 416 g/mol. The van der Waals surface area contributed by atoms with Gasteiger partial charge in [0.1, 0.15) is 5.75 Å². The lowest BCUT2D eigenvalue weighted by molar-refractivity contribution is -0.126. The molecule has 0 saturated carbocycles. The van der Waals surface area contributed by atoms with Crippen LogP contribution in [0.1, 0.15) is 29.5 Å². The molecule has 1 heterocycles. The van der Waals surface area contributed by atoms with E-state index >= 15 is 0 Å². The van der Waals surface area contributed by atoms with Gasteiger partial charge >= 0.3 is 0 Å². The molecule has 0 aliphatic carbocycles. The first-order valence-electron chi connectivity index (χ1n) is 9.81. The van der Waals surface area contributed by atoms with E-state index in [4.69, 9.17) is 4.74 Å². The Morgan fingerprint density at radius 3 is 2.21 bits per heavy atom. The molecule has 156 valence electrons. The Hall–Kier alpha value is -2.38. The first kappa shape index (κ1) is 21.3. The summed E-state index contributed by atoms with van der Waals surface area (Å²) in [5.41, 5.74) is 2.89. The average molecular weight is 417 g/mol. The minimum absolute atomic E-state index is 0.00160. The number of nitrogens with zero attached hydrogens (tertiary/aromatic N) is 1. The lowest BCUT2D eigenvalue weighted by atomic mass is 9.97. The molecule has 0 atom stereocenters. The van der Waals surface area contributed by atoms with Crippen LogP contribution in [0.2, 0.25) is 0 Å². The summed E-state index contributed by atoms with van der Waals surface area (Å²) in [6, 6.07) is 15.1. The number of benzene rings is 2. The molecule has 0 spiro atoms. The van der Waals surface area contributed by atoms with Gasteiger partial charge in [-0.25, -0.2) is 12.7 Å². The second kappa shape index (κ2) is 9.41. The van der Waals surface area contributed by atoms with Crippen LogP contribution in [0.3, 0.4) is 0 Å². The van der Waals surface area contributed by atoms with E-state index in [2.05, 4.69) is 5.32 Å². The first-order chi connectivity index (χ1) is 13.9. The summed E-state index contributed by atoms with van der Waals surface area (Å²) in [5.74, 6) is 0.608. The van der Waals surface area contributed by atoms with E-state index in [1.165, 1.54) is 4.31 Å². The lowest BCUT2D eigenvalue weighted by Gasteiger charge is -2.30. The number of carbonyl (C=O) groups is 1. The highest BCUT2D eigenvalue weighted by Crippen LogP contribution is 2.22. The number of nitrogens with one attached hydrogen (secondary N) is 1. The molecule has 7 heteroatoms. The number of hydrogen-bond acceptors (Lipinski definition) is 4. The third-order valence-electron chi connectivity index (χ3n) is 5.31. The number of amides is 1. The smallest absolute Gasteiger partial charge is 0.223 e. The number of ether oxygens (including phenoxy) is 1. The normalized spacial score (nSPS) is 15.8. The van der Waals surface area contributed by atoms with Crippen LogP contribution in [0.25, 0.3) is 0 Å². The van der Waals surface area contributed by atoms with Gasteiger partial charge in [-0.15, -0.1) is 0 Å². The number of hydrogen-bond donors (Lipinski definition) is 1. The van der Waals surface area contributed by atoms with Crippen LogP contribution in [-0.4, -0.2) is 38.8 Å². The fraction of sp³-hybridized carbons (Fsp3) is 0.409.